The van der Waals surface area contributed by atoms with Gasteiger partial charge in [-0.15, -0.1) is 0 Å². The van der Waals surface area contributed by atoms with Gasteiger partial charge in [0.25, 0.3) is 5.91 Å². The Balaban J connectivity index is 1.86. The van der Waals surface area contributed by atoms with Crippen LogP contribution < -0.4 is 20.1 Å². The van der Waals surface area contributed by atoms with Gasteiger partial charge in [0, 0.05) is 19.0 Å². The van der Waals surface area contributed by atoms with Gasteiger partial charge in [-0.3, -0.25) is 14.3 Å². The van der Waals surface area contributed by atoms with Crippen molar-refractivity contribution in [1.82, 2.24) is 25.4 Å². The second-order valence-corrected chi connectivity index (χ2v) is 9.55. The van der Waals surface area contributed by atoms with Crippen LogP contribution in [0.3, 0.4) is 0 Å². The third-order valence-electron chi connectivity index (χ3n) is 6.73. The van der Waals surface area contributed by atoms with Gasteiger partial charge in [0.15, 0.2) is 5.69 Å². The Labute approximate surface area is 224 Å². The zero-order chi connectivity index (χ0) is 27.7. The smallest absolute Gasteiger partial charge is 0.272 e. The fraction of sp³-hybridized carbons (Fsp3) is 0.500. The van der Waals surface area contributed by atoms with E-state index in [9.17, 15) is 9.59 Å². The van der Waals surface area contributed by atoms with Crippen molar-refractivity contribution < 1.29 is 23.5 Å². The molecular formula is C28H39N5O5. The van der Waals surface area contributed by atoms with Crippen molar-refractivity contribution in [1.29, 1.82) is 0 Å². The summed E-state index contributed by atoms with van der Waals surface area (Å²) in [7, 11) is 3.21. The van der Waals surface area contributed by atoms with E-state index in [2.05, 4.69) is 29.5 Å². The number of nitrogens with one attached hydrogen (secondary N) is 2. The van der Waals surface area contributed by atoms with Gasteiger partial charge in [0.1, 0.15) is 17.8 Å². The zero-order valence-electron chi connectivity index (χ0n) is 23.1. The number of benzene rings is 1. The van der Waals surface area contributed by atoms with Crippen LogP contribution >= 0.6 is 0 Å². The minimum atomic E-state index is -0.388. The van der Waals surface area contributed by atoms with Gasteiger partial charge in [-0.05, 0) is 30.0 Å². The highest BCUT2D eigenvalue weighted by molar-refractivity contribution is 5.94. The first-order chi connectivity index (χ1) is 18.3. The Kier molecular flexibility index (Phi) is 10.3. The maximum Gasteiger partial charge on any atom is 0.272 e. The second kappa shape index (κ2) is 13.6. The largest absolute Gasteiger partial charge is 0.496 e. The summed E-state index contributed by atoms with van der Waals surface area (Å²) in [5.74, 6) is 1.54. The summed E-state index contributed by atoms with van der Waals surface area (Å²) in [6.45, 7) is 9.05. The topological polar surface area (TPSA) is 121 Å². The van der Waals surface area contributed by atoms with E-state index < -0.39 is 0 Å². The van der Waals surface area contributed by atoms with Gasteiger partial charge in [-0.1, -0.05) is 46.6 Å². The summed E-state index contributed by atoms with van der Waals surface area (Å²) in [6.07, 6.45) is 5.06. The molecule has 206 valence electrons. The molecule has 0 aliphatic heterocycles. The number of methoxy groups -OCH3 is 2. The van der Waals surface area contributed by atoms with E-state index in [0.717, 1.165) is 24.1 Å². The molecule has 1 unspecified atom stereocenters. The van der Waals surface area contributed by atoms with E-state index in [1.54, 1.807) is 20.3 Å². The standard InChI is InChI=1S/C28H39N5O5/c1-7-19(8-2)17-33-22(27-23(36-5)10-9-11-24(27)37-6)14-21(32-33)28(35)31-20(18(3)4)15-25(34)30-16-26-29-12-13-38-26/h9-14,18-20H,7-8,15-17H2,1-6H3,(H,30,34)(H,31,35). The predicted molar refractivity (Wildman–Crippen MR) is 144 cm³/mol. The molecule has 3 aromatic rings. The molecule has 10 nitrogen and oxygen atoms in total. The summed E-state index contributed by atoms with van der Waals surface area (Å²) < 4.78 is 18.3. The zero-order valence-corrected chi connectivity index (χ0v) is 23.1. The number of nitrogens with zero attached hydrogens (tertiary/aromatic N) is 3. The highest BCUT2D eigenvalue weighted by atomic mass is 16.5. The van der Waals surface area contributed by atoms with Crippen molar-refractivity contribution in [2.75, 3.05) is 14.2 Å². The lowest BCUT2D eigenvalue weighted by Crippen LogP contribution is -2.42. The third-order valence-corrected chi connectivity index (χ3v) is 6.73. The molecule has 2 aromatic heterocycles. The molecule has 38 heavy (non-hydrogen) atoms. The number of oxazole rings is 1. The molecule has 2 heterocycles. The van der Waals surface area contributed by atoms with Crippen molar-refractivity contribution in [3.63, 3.8) is 0 Å². The van der Waals surface area contributed by atoms with Crippen molar-refractivity contribution in [2.24, 2.45) is 11.8 Å². The maximum atomic E-state index is 13.4. The number of aromatic nitrogens is 3. The minimum Gasteiger partial charge on any atom is -0.496 e. The Morgan fingerprint density at radius 1 is 1.11 bits per heavy atom. The van der Waals surface area contributed by atoms with E-state index in [1.807, 2.05) is 36.7 Å². The summed E-state index contributed by atoms with van der Waals surface area (Å²) in [5, 5.41) is 10.5. The lowest BCUT2D eigenvalue weighted by atomic mass is 10.00. The first-order valence-electron chi connectivity index (χ1n) is 13.1. The van der Waals surface area contributed by atoms with E-state index in [4.69, 9.17) is 19.0 Å². The van der Waals surface area contributed by atoms with Crippen LogP contribution in [0.25, 0.3) is 11.3 Å². The first-order valence-corrected chi connectivity index (χ1v) is 13.1. The molecule has 2 N–H and O–H groups in total. The van der Waals surface area contributed by atoms with E-state index in [0.29, 0.717) is 29.9 Å². The fourth-order valence-electron chi connectivity index (χ4n) is 4.25. The van der Waals surface area contributed by atoms with Crippen molar-refractivity contribution >= 4 is 11.8 Å². The van der Waals surface area contributed by atoms with Crippen molar-refractivity contribution in [3.05, 3.63) is 48.3 Å². The molecule has 0 spiro atoms. The Morgan fingerprint density at radius 3 is 2.34 bits per heavy atom. The average Bonchev–Trinajstić information content (AvgIpc) is 3.59. The summed E-state index contributed by atoms with van der Waals surface area (Å²) in [5.41, 5.74) is 1.74. The predicted octanol–water partition coefficient (Wildman–Crippen LogP) is 4.45. The molecular weight excluding hydrogens is 486 g/mol. The van der Waals surface area contributed by atoms with Crippen molar-refractivity contribution in [3.8, 4) is 22.8 Å². The summed E-state index contributed by atoms with van der Waals surface area (Å²) >= 11 is 0. The van der Waals surface area contributed by atoms with Crippen LogP contribution in [-0.4, -0.2) is 46.8 Å². The van der Waals surface area contributed by atoms with Gasteiger partial charge in [-0.2, -0.15) is 5.10 Å². The molecule has 2 amide bonds. The molecule has 0 fully saturated rings. The molecule has 0 aliphatic rings. The fourth-order valence-corrected chi connectivity index (χ4v) is 4.25. The van der Waals surface area contributed by atoms with Crippen LogP contribution in [0.4, 0.5) is 0 Å². The number of ether oxygens (including phenoxy) is 2. The Bertz CT molecular complexity index is 1160. The Hall–Kier alpha value is -3.82. The third kappa shape index (κ3) is 7.14. The number of hydrogen-bond acceptors (Lipinski definition) is 7. The second-order valence-electron chi connectivity index (χ2n) is 9.55. The SMILES string of the molecule is CCC(CC)Cn1nc(C(=O)NC(CC(=O)NCc2ncco2)C(C)C)cc1-c1c(OC)cccc1OC. The van der Waals surface area contributed by atoms with Gasteiger partial charge in [-0.25, -0.2) is 4.98 Å². The lowest BCUT2D eigenvalue weighted by molar-refractivity contribution is -0.122. The van der Waals surface area contributed by atoms with E-state index in [1.165, 1.54) is 12.5 Å². The lowest BCUT2D eigenvalue weighted by Gasteiger charge is -2.21. The number of amides is 2. The number of hydrogen-bond donors (Lipinski definition) is 2. The molecule has 0 aliphatic carbocycles. The quantitative estimate of drug-likeness (QED) is 0.319. The van der Waals surface area contributed by atoms with Crippen LogP contribution in [0, 0.1) is 11.8 Å². The van der Waals surface area contributed by atoms with Crippen LogP contribution in [0.2, 0.25) is 0 Å². The number of rotatable bonds is 14. The van der Waals surface area contributed by atoms with Gasteiger partial charge >= 0.3 is 0 Å². The van der Waals surface area contributed by atoms with Crippen LogP contribution in [0.1, 0.15) is 63.3 Å². The van der Waals surface area contributed by atoms with Gasteiger partial charge in [0.2, 0.25) is 11.8 Å². The number of carbonyl (C=O) groups excluding carboxylic acids is 2. The highest BCUT2D eigenvalue weighted by Crippen LogP contribution is 2.39. The summed E-state index contributed by atoms with van der Waals surface area (Å²) in [6, 6.07) is 6.95. The molecule has 0 radical (unpaired) electrons. The molecule has 10 heteroatoms. The molecule has 0 saturated heterocycles. The van der Waals surface area contributed by atoms with Gasteiger partial charge < -0.3 is 24.5 Å². The number of carbonyl (C=O) groups is 2. The Morgan fingerprint density at radius 2 is 1.79 bits per heavy atom. The molecule has 1 aromatic carbocycles. The van der Waals surface area contributed by atoms with Crippen molar-refractivity contribution in [2.45, 2.75) is 66.1 Å². The molecule has 0 saturated carbocycles. The van der Waals surface area contributed by atoms with Crippen LogP contribution in [0.15, 0.2) is 41.1 Å². The first kappa shape index (κ1) is 28.7. The molecule has 1 atom stereocenters. The monoisotopic (exact) mass is 525 g/mol. The van der Waals surface area contributed by atoms with Gasteiger partial charge in [0.05, 0.1) is 38.2 Å². The average molecular weight is 526 g/mol. The molecule has 3 rings (SSSR count). The summed E-state index contributed by atoms with van der Waals surface area (Å²) in [4.78, 5) is 30.0. The molecule has 0 bridgehead atoms. The minimum absolute atomic E-state index is 0.0202. The van der Waals surface area contributed by atoms with E-state index >= 15 is 0 Å². The van der Waals surface area contributed by atoms with E-state index in [-0.39, 0.29) is 42.4 Å². The highest BCUT2D eigenvalue weighted by Gasteiger charge is 2.25. The van der Waals surface area contributed by atoms with Crippen LogP contribution in [-0.2, 0) is 17.9 Å². The maximum absolute atomic E-state index is 13.4. The van der Waals surface area contributed by atoms with Crippen LogP contribution in [0.5, 0.6) is 11.5 Å². The normalized spacial score (nSPS) is 12.0.